The van der Waals surface area contributed by atoms with Gasteiger partial charge in [0.25, 0.3) is 0 Å². The Hall–Kier alpha value is -1.69. The van der Waals surface area contributed by atoms with E-state index < -0.39 is 0 Å². The van der Waals surface area contributed by atoms with Crippen molar-refractivity contribution in [2.24, 2.45) is 5.92 Å². The lowest BCUT2D eigenvalue weighted by molar-refractivity contribution is -0.125. The lowest BCUT2D eigenvalue weighted by Crippen LogP contribution is -2.45. The SMILES string of the molecule is CCN1CCCC1CNC(=O)C1CCN(c2ncccn2)CC1. The third-order valence-electron chi connectivity index (χ3n) is 5.12. The zero-order valence-corrected chi connectivity index (χ0v) is 13.9. The highest BCUT2D eigenvalue weighted by Crippen LogP contribution is 2.21. The summed E-state index contributed by atoms with van der Waals surface area (Å²) in [4.78, 5) is 25.6. The van der Waals surface area contributed by atoms with E-state index in [1.54, 1.807) is 12.4 Å². The molecule has 6 heteroatoms. The third kappa shape index (κ3) is 3.99. The summed E-state index contributed by atoms with van der Waals surface area (Å²) in [6.45, 7) is 6.96. The first-order valence-electron chi connectivity index (χ1n) is 8.81. The molecule has 2 saturated heterocycles. The monoisotopic (exact) mass is 317 g/mol. The molecule has 2 aliphatic rings. The molecule has 0 saturated carbocycles. The number of hydrogen-bond acceptors (Lipinski definition) is 5. The highest BCUT2D eigenvalue weighted by molar-refractivity contribution is 5.79. The number of rotatable bonds is 5. The lowest BCUT2D eigenvalue weighted by Gasteiger charge is -2.31. The Bertz CT molecular complexity index is 501. The Kier molecular flexibility index (Phi) is 5.43. The summed E-state index contributed by atoms with van der Waals surface area (Å²) in [5.74, 6) is 1.13. The van der Waals surface area contributed by atoms with Crippen LogP contribution in [0.25, 0.3) is 0 Å². The molecule has 0 aromatic carbocycles. The van der Waals surface area contributed by atoms with Crippen LogP contribution in [0.2, 0.25) is 0 Å². The van der Waals surface area contributed by atoms with Gasteiger partial charge in [0.05, 0.1) is 0 Å². The molecule has 2 fully saturated rings. The molecule has 0 bridgehead atoms. The van der Waals surface area contributed by atoms with Gasteiger partial charge >= 0.3 is 0 Å². The highest BCUT2D eigenvalue weighted by atomic mass is 16.1. The van der Waals surface area contributed by atoms with Crippen LogP contribution in [0.3, 0.4) is 0 Å². The Morgan fingerprint density at radius 3 is 2.65 bits per heavy atom. The van der Waals surface area contributed by atoms with Crippen molar-refractivity contribution in [3.05, 3.63) is 18.5 Å². The van der Waals surface area contributed by atoms with Gasteiger partial charge < -0.3 is 10.2 Å². The topological polar surface area (TPSA) is 61.4 Å². The van der Waals surface area contributed by atoms with Crippen LogP contribution in [-0.4, -0.2) is 59.5 Å². The third-order valence-corrected chi connectivity index (χ3v) is 5.12. The predicted molar refractivity (Wildman–Crippen MR) is 90.2 cm³/mol. The molecule has 1 atom stereocenters. The fourth-order valence-corrected chi connectivity index (χ4v) is 3.70. The maximum absolute atomic E-state index is 12.4. The molecule has 6 nitrogen and oxygen atoms in total. The van der Waals surface area contributed by atoms with E-state index in [1.807, 2.05) is 6.07 Å². The average Bonchev–Trinajstić information content (AvgIpc) is 3.08. The van der Waals surface area contributed by atoms with E-state index in [9.17, 15) is 4.79 Å². The molecule has 1 amide bonds. The lowest BCUT2D eigenvalue weighted by atomic mass is 9.96. The molecule has 1 aromatic rings. The summed E-state index contributed by atoms with van der Waals surface area (Å²) in [6.07, 6.45) is 7.75. The van der Waals surface area contributed by atoms with Gasteiger partial charge in [-0.15, -0.1) is 0 Å². The van der Waals surface area contributed by atoms with Gasteiger partial charge in [-0.3, -0.25) is 9.69 Å². The van der Waals surface area contributed by atoms with Gasteiger partial charge in [0, 0.05) is 44.0 Å². The minimum absolute atomic E-state index is 0.131. The number of aromatic nitrogens is 2. The first-order chi connectivity index (χ1) is 11.3. The Labute approximate surface area is 138 Å². The molecule has 0 aliphatic carbocycles. The van der Waals surface area contributed by atoms with Crippen molar-refractivity contribution in [3.63, 3.8) is 0 Å². The van der Waals surface area contributed by atoms with Gasteiger partial charge in [0.2, 0.25) is 11.9 Å². The van der Waals surface area contributed by atoms with Crippen LogP contribution in [0.5, 0.6) is 0 Å². The van der Waals surface area contributed by atoms with Gasteiger partial charge in [-0.05, 0) is 44.8 Å². The molecule has 126 valence electrons. The summed E-state index contributed by atoms with van der Waals surface area (Å²) >= 11 is 0. The van der Waals surface area contributed by atoms with E-state index in [4.69, 9.17) is 0 Å². The summed E-state index contributed by atoms with van der Waals surface area (Å²) in [7, 11) is 0. The number of likely N-dealkylation sites (N-methyl/N-ethyl adjacent to an activating group) is 1. The van der Waals surface area contributed by atoms with E-state index in [0.29, 0.717) is 6.04 Å². The van der Waals surface area contributed by atoms with Gasteiger partial charge in [0.1, 0.15) is 0 Å². The van der Waals surface area contributed by atoms with Crippen LogP contribution in [0.1, 0.15) is 32.6 Å². The van der Waals surface area contributed by atoms with E-state index in [-0.39, 0.29) is 11.8 Å². The average molecular weight is 317 g/mol. The number of carbonyl (C=O) groups excluding carboxylic acids is 1. The fraction of sp³-hybridized carbons (Fsp3) is 0.706. The van der Waals surface area contributed by atoms with E-state index in [1.165, 1.54) is 19.4 Å². The van der Waals surface area contributed by atoms with Crippen LogP contribution >= 0.6 is 0 Å². The molecule has 1 unspecified atom stereocenters. The summed E-state index contributed by atoms with van der Waals surface area (Å²) in [5.41, 5.74) is 0. The first-order valence-corrected chi connectivity index (χ1v) is 8.81. The largest absolute Gasteiger partial charge is 0.354 e. The molecule has 0 spiro atoms. The molecule has 2 aliphatic heterocycles. The zero-order chi connectivity index (χ0) is 16.1. The molecule has 3 heterocycles. The van der Waals surface area contributed by atoms with Gasteiger partial charge in [-0.1, -0.05) is 6.92 Å². The number of anilines is 1. The Balaban J connectivity index is 1.43. The smallest absolute Gasteiger partial charge is 0.225 e. The van der Waals surface area contributed by atoms with Gasteiger partial charge in [0.15, 0.2) is 0 Å². The maximum atomic E-state index is 12.4. The van der Waals surface area contributed by atoms with Crippen molar-refractivity contribution in [1.82, 2.24) is 20.2 Å². The van der Waals surface area contributed by atoms with E-state index in [2.05, 4.69) is 32.0 Å². The quantitative estimate of drug-likeness (QED) is 0.887. The molecular weight excluding hydrogens is 290 g/mol. The summed E-state index contributed by atoms with van der Waals surface area (Å²) < 4.78 is 0. The molecule has 0 radical (unpaired) electrons. The minimum atomic E-state index is 0.131. The van der Waals surface area contributed by atoms with E-state index >= 15 is 0 Å². The number of carbonyl (C=O) groups is 1. The second kappa shape index (κ2) is 7.73. The maximum Gasteiger partial charge on any atom is 0.225 e. The Morgan fingerprint density at radius 2 is 1.96 bits per heavy atom. The number of piperidine rings is 1. The molecule has 1 N–H and O–H groups in total. The molecule has 3 rings (SSSR count). The minimum Gasteiger partial charge on any atom is -0.354 e. The summed E-state index contributed by atoms with van der Waals surface area (Å²) in [6, 6.07) is 2.36. The van der Waals surface area contributed by atoms with Crippen LogP contribution in [0.15, 0.2) is 18.5 Å². The van der Waals surface area contributed by atoms with Crippen LogP contribution < -0.4 is 10.2 Å². The van der Waals surface area contributed by atoms with Crippen molar-refractivity contribution in [2.45, 2.75) is 38.6 Å². The van der Waals surface area contributed by atoms with Crippen LogP contribution in [0, 0.1) is 5.92 Å². The van der Waals surface area contributed by atoms with Gasteiger partial charge in [-0.2, -0.15) is 0 Å². The molecule has 23 heavy (non-hydrogen) atoms. The normalized spacial score (nSPS) is 23.2. The second-order valence-corrected chi connectivity index (χ2v) is 6.48. The standard InChI is InChI=1S/C17H27N5O/c1-2-21-10-3-5-15(21)13-20-16(23)14-6-11-22(12-7-14)17-18-8-4-9-19-17/h4,8-9,14-15H,2-3,5-7,10-13H2,1H3,(H,20,23). The number of likely N-dealkylation sites (tertiary alicyclic amines) is 1. The molecular formula is C17H27N5O. The van der Waals surface area contributed by atoms with Crippen molar-refractivity contribution in [2.75, 3.05) is 37.6 Å². The number of amides is 1. The fourth-order valence-electron chi connectivity index (χ4n) is 3.70. The first kappa shape index (κ1) is 16.2. The van der Waals surface area contributed by atoms with Crippen molar-refractivity contribution in [1.29, 1.82) is 0 Å². The van der Waals surface area contributed by atoms with Crippen molar-refractivity contribution < 1.29 is 4.79 Å². The number of nitrogens with zero attached hydrogens (tertiary/aromatic N) is 4. The van der Waals surface area contributed by atoms with Gasteiger partial charge in [-0.25, -0.2) is 9.97 Å². The van der Waals surface area contributed by atoms with Crippen LogP contribution in [0.4, 0.5) is 5.95 Å². The van der Waals surface area contributed by atoms with Crippen molar-refractivity contribution >= 4 is 11.9 Å². The predicted octanol–water partition coefficient (Wildman–Crippen LogP) is 1.29. The van der Waals surface area contributed by atoms with Crippen molar-refractivity contribution in [3.8, 4) is 0 Å². The zero-order valence-electron chi connectivity index (χ0n) is 13.9. The summed E-state index contributed by atoms with van der Waals surface area (Å²) in [5, 5.41) is 3.18. The highest BCUT2D eigenvalue weighted by Gasteiger charge is 2.28. The number of hydrogen-bond donors (Lipinski definition) is 1. The van der Waals surface area contributed by atoms with E-state index in [0.717, 1.165) is 45.0 Å². The second-order valence-electron chi connectivity index (χ2n) is 6.48. The number of nitrogens with one attached hydrogen (secondary N) is 1. The molecule has 1 aromatic heterocycles. The Morgan fingerprint density at radius 1 is 1.22 bits per heavy atom. The van der Waals surface area contributed by atoms with Crippen LogP contribution in [-0.2, 0) is 4.79 Å².